The molecule has 8 heteroatoms. The molecule has 2 aromatic heterocycles. The van der Waals surface area contributed by atoms with Crippen LogP contribution in [0.4, 0.5) is 5.69 Å². The Bertz CT molecular complexity index is 2460. The molecule has 3 heterocycles. The number of aromatic nitrogens is 5. The number of carbonyl (C=O) groups excluding carboxylic acids is 1. The van der Waals surface area contributed by atoms with Gasteiger partial charge in [0.05, 0.1) is 5.52 Å². The molecule has 0 bridgehead atoms. The summed E-state index contributed by atoms with van der Waals surface area (Å²) in [6, 6.07) is 55.8. The highest BCUT2D eigenvalue weighted by Gasteiger charge is 2.39. The van der Waals surface area contributed by atoms with Crippen molar-refractivity contribution in [3.63, 3.8) is 0 Å². The Morgan fingerprint density at radius 3 is 2.00 bits per heavy atom. The lowest BCUT2D eigenvalue weighted by molar-refractivity contribution is -0.116. The third kappa shape index (κ3) is 6.80. The largest absolute Gasteiger partial charge is 0.356 e. The van der Waals surface area contributed by atoms with E-state index in [0.29, 0.717) is 25.3 Å². The second-order valence-corrected chi connectivity index (χ2v) is 14.3. The lowest BCUT2D eigenvalue weighted by atomic mass is 9.77. The molecule has 0 radical (unpaired) electrons. The summed E-state index contributed by atoms with van der Waals surface area (Å²) in [5, 5.41) is 14.6. The molecule has 1 saturated heterocycles. The van der Waals surface area contributed by atoms with Gasteiger partial charge in [0.1, 0.15) is 17.6 Å². The van der Waals surface area contributed by atoms with Crippen molar-refractivity contribution in [3.05, 3.63) is 192 Å². The van der Waals surface area contributed by atoms with Crippen LogP contribution in [0.3, 0.4) is 0 Å². The first-order valence-corrected chi connectivity index (χ1v) is 19.3. The maximum atomic E-state index is 13.0. The summed E-state index contributed by atoms with van der Waals surface area (Å²) >= 11 is 0. The van der Waals surface area contributed by atoms with Gasteiger partial charge in [-0.05, 0) is 78.3 Å². The lowest BCUT2D eigenvalue weighted by Crippen LogP contribution is -2.38. The minimum Gasteiger partial charge on any atom is -0.356 e. The molecule has 0 saturated carbocycles. The summed E-state index contributed by atoms with van der Waals surface area (Å²) in [5.74, 6) is 0.574. The van der Waals surface area contributed by atoms with Crippen LogP contribution in [0, 0.1) is 0 Å². The Morgan fingerprint density at radius 1 is 0.696 bits per heavy atom. The maximum Gasteiger partial charge on any atom is 0.224 e. The Balaban J connectivity index is 1.12. The number of hydrogen-bond acceptors (Lipinski definition) is 5. The van der Waals surface area contributed by atoms with E-state index < -0.39 is 5.54 Å². The lowest BCUT2D eigenvalue weighted by Gasteiger charge is -2.35. The Hall–Kier alpha value is -6.64. The molecule has 1 N–H and O–H groups in total. The van der Waals surface area contributed by atoms with E-state index in [-0.39, 0.29) is 12.1 Å². The van der Waals surface area contributed by atoms with Crippen molar-refractivity contribution in [1.82, 2.24) is 24.5 Å². The van der Waals surface area contributed by atoms with Crippen LogP contribution in [0.25, 0.3) is 33.5 Å². The van der Waals surface area contributed by atoms with Crippen molar-refractivity contribution in [1.29, 1.82) is 0 Å². The van der Waals surface area contributed by atoms with Crippen molar-refractivity contribution in [2.24, 2.45) is 0 Å². The first-order chi connectivity index (χ1) is 27.7. The van der Waals surface area contributed by atoms with E-state index in [1.807, 2.05) is 88.5 Å². The normalized spacial score (nSPS) is 14.5. The van der Waals surface area contributed by atoms with Gasteiger partial charge in [-0.1, -0.05) is 133 Å². The van der Waals surface area contributed by atoms with Gasteiger partial charge < -0.3 is 10.1 Å². The molecule has 6 aromatic carbocycles. The number of nitrogens with one attached hydrogen (secondary N) is 1. The monoisotopic (exact) mass is 734 g/mol. The zero-order chi connectivity index (χ0) is 37.7. The van der Waals surface area contributed by atoms with Crippen molar-refractivity contribution in [2.75, 3.05) is 11.9 Å². The number of nitrogens with zero attached hydrogens (tertiary/aromatic N) is 5. The SMILES string of the molecule is O=C(CCc1ccccc1)Nc1cccc(-c2nn(C3CCCCO3)c3ccc(-c4ncn(C(c5ccccc5)(c5ccccc5)c5ccccc5)n4)cc23)c1. The van der Waals surface area contributed by atoms with E-state index in [1.54, 1.807) is 0 Å². The van der Waals surface area contributed by atoms with Crippen LogP contribution in [0.2, 0.25) is 0 Å². The van der Waals surface area contributed by atoms with Gasteiger partial charge in [0, 0.05) is 35.2 Å². The van der Waals surface area contributed by atoms with Gasteiger partial charge in [-0.3, -0.25) is 4.79 Å². The summed E-state index contributed by atoms with van der Waals surface area (Å²) in [6.07, 6.45) is 5.78. The Labute approximate surface area is 326 Å². The van der Waals surface area contributed by atoms with Gasteiger partial charge in [-0.2, -0.15) is 5.10 Å². The van der Waals surface area contributed by atoms with Crippen LogP contribution in [-0.4, -0.2) is 37.1 Å². The van der Waals surface area contributed by atoms with Gasteiger partial charge >= 0.3 is 0 Å². The van der Waals surface area contributed by atoms with Gasteiger partial charge in [-0.15, -0.1) is 5.10 Å². The Kier molecular flexibility index (Phi) is 9.78. The molecule has 9 rings (SSSR count). The molecule has 0 aliphatic carbocycles. The van der Waals surface area contributed by atoms with Crippen LogP contribution in [0.15, 0.2) is 170 Å². The van der Waals surface area contributed by atoms with E-state index in [1.165, 1.54) is 0 Å². The molecular weight excluding hydrogens is 693 g/mol. The van der Waals surface area contributed by atoms with Crippen LogP contribution in [0.5, 0.6) is 0 Å². The molecule has 1 aliphatic rings. The van der Waals surface area contributed by atoms with Crippen molar-refractivity contribution in [3.8, 4) is 22.6 Å². The highest BCUT2D eigenvalue weighted by molar-refractivity contribution is 5.97. The third-order valence-corrected chi connectivity index (χ3v) is 10.7. The maximum absolute atomic E-state index is 13.0. The molecule has 276 valence electrons. The second kappa shape index (κ2) is 15.6. The third-order valence-electron chi connectivity index (χ3n) is 10.7. The molecule has 0 spiro atoms. The van der Waals surface area contributed by atoms with Crippen molar-refractivity contribution >= 4 is 22.5 Å². The number of carbonyl (C=O) groups is 1. The summed E-state index contributed by atoms with van der Waals surface area (Å²) in [5.41, 5.74) is 7.87. The van der Waals surface area contributed by atoms with Crippen LogP contribution >= 0.6 is 0 Å². The topological polar surface area (TPSA) is 86.9 Å². The zero-order valence-electron chi connectivity index (χ0n) is 31.0. The molecule has 8 aromatic rings. The highest BCUT2D eigenvalue weighted by Crippen LogP contribution is 2.41. The molecular formula is C48H42N6O2. The highest BCUT2D eigenvalue weighted by atomic mass is 16.5. The van der Waals surface area contributed by atoms with Crippen LogP contribution in [0.1, 0.15) is 54.2 Å². The molecule has 8 nitrogen and oxygen atoms in total. The predicted octanol–water partition coefficient (Wildman–Crippen LogP) is 10.1. The van der Waals surface area contributed by atoms with Crippen LogP contribution < -0.4 is 5.32 Å². The van der Waals surface area contributed by atoms with E-state index in [4.69, 9.17) is 19.9 Å². The minimum atomic E-state index is -0.778. The average Bonchev–Trinajstić information content (AvgIpc) is 3.91. The Morgan fingerprint density at radius 2 is 1.36 bits per heavy atom. The fourth-order valence-corrected chi connectivity index (χ4v) is 7.99. The first kappa shape index (κ1) is 35.1. The number of fused-ring (bicyclic) bond motifs is 1. The molecule has 1 aliphatic heterocycles. The van der Waals surface area contributed by atoms with E-state index in [9.17, 15) is 4.79 Å². The fourth-order valence-electron chi connectivity index (χ4n) is 7.99. The predicted molar refractivity (Wildman–Crippen MR) is 221 cm³/mol. The average molecular weight is 735 g/mol. The standard InChI is InChI=1S/C48H42N6O2/c55-44(30-27-35-16-5-1-6-17-35)50-41-25-15-18-36(32-41)46-42-33-37(28-29-43(42)54(51-46)45-26-13-14-31-56-45)47-49-34-53(52-47)48(38-19-7-2-8-20-38,39-21-9-3-10-22-39)40-23-11-4-12-24-40/h1-12,15-25,28-29,32-34,45H,13-14,26-27,30-31H2,(H,50,55). The zero-order valence-corrected chi connectivity index (χ0v) is 31.0. The quantitative estimate of drug-likeness (QED) is 0.134. The fraction of sp³-hybridized carbons (Fsp3) is 0.167. The van der Waals surface area contributed by atoms with Crippen LogP contribution in [-0.2, 0) is 21.5 Å². The number of ether oxygens (including phenoxy) is 1. The van der Waals surface area contributed by atoms with E-state index in [2.05, 4.69) is 96.3 Å². The summed E-state index contributed by atoms with van der Waals surface area (Å²) < 4.78 is 10.3. The molecule has 1 atom stereocenters. The molecule has 56 heavy (non-hydrogen) atoms. The van der Waals surface area contributed by atoms with E-state index >= 15 is 0 Å². The smallest absolute Gasteiger partial charge is 0.224 e. The van der Waals surface area contributed by atoms with Gasteiger partial charge in [0.2, 0.25) is 5.91 Å². The van der Waals surface area contributed by atoms with E-state index in [0.717, 1.165) is 74.9 Å². The van der Waals surface area contributed by atoms with Gasteiger partial charge in [0.25, 0.3) is 0 Å². The molecule has 1 amide bonds. The number of amides is 1. The number of benzene rings is 6. The molecule has 1 unspecified atom stereocenters. The number of aryl methyl sites for hydroxylation is 1. The van der Waals surface area contributed by atoms with Gasteiger partial charge in [0.15, 0.2) is 12.1 Å². The first-order valence-electron chi connectivity index (χ1n) is 19.3. The summed E-state index contributed by atoms with van der Waals surface area (Å²) in [6.45, 7) is 0.706. The number of anilines is 1. The van der Waals surface area contributed by atoms with Gasteiger partial charge in [-0.25, -0.2) is 14.3 Å². The number of hydrogen-bond donors (Lipinski definition) is 1. The minimum absolute atomic E-state index is 0.0291. The van der Waals surface area contributed by atoms with Crippen molar-refractivity contribution in [2.45, 2.75) is 43.9 Å². The summed E-state index contributed by atoms with van der Waals surface area (Å²) in [7, 11) is 0. The van der Waals surface area contributed by atoms with Crippen molar-refractivity contribution < 1.29 is 9.53 Å². The summed E-state index contributed by atoms with van der Waals surface area (Å²) in [4.78, 5) is 18.0. The second-order valence-electron chi connectivity index (χ2n) is 14.3. The molecule has 1 fully saturated rings. The number of rotatable bonds is 11.